The highest BCUT2D eigenvalue weighted by molar-refractivity contribution is 9.10. The topological polar surface area (TPSA) is 71.4 Å². The van der Waals surface area contributed by atoms with Gasteiger partial charge in [0.15, 0.2) is 15.7 Å². The van der Waals surface area contributed by atoms with E-state index in [4.69, 9.17) is 5.11 Å². The van der Waals surface area contributed by atoms with E-state index in [1.165, 1.54) is 12.2 Å². The number of hydrogen-bond donors (Lipinski definition) is 1. The average molecular weight is 337 g/mol. The minimum absolute atomic E-state index is 0.195. The minimum atomic E-state index is -3.89. The van der Waals surface area contributed by atoms with Gasteiger partial charge in [-0.15, -0.1) is 0 Å². The van der Waals surface area contributed by atoms with Crippen molar-refractivity contribution in [1.29, 1.82) is 0 Å². The zero-order valence-corrected chi connectivity index (χ0v) is 11.8. The first-order valence-electron chi connectivity index (χ1n) is 4.86. The SMILES string of the molecule is C/C=C/CS(=O)(=O)c1cc(Br)cc(C(=O)O)c1F. The monoisotopic (exact) mass is 336 g/mol. The molecule has 7 heteroatoms. The third kappa shape index (κ3) is 3.17. The molecule has 4 nitrogen and oxygen atoms in total. The zero-order chi connectivity index (χ0) is 13.9. The molecule has 0 aliphatic carbocycles. The molecule has 0 heterocycles. The molecule has 1 rings (SSSR count). The second-order valence-corrected chi connectivity index (χ2v) is 6.34. The van der Waals surface area contributed by atoms with Gasteiger partial charge < -0.3 is 5.11 Å². The van der Waals surface area contributed by atoms with E-state index < -0.39 is 32.1 Å². The maximum absolute atomic E-state index is 13.8. The minimum Gasteiger partial charge on any atom is -0.478 e. The Labute approximate surface area is 112 Å². The summed E-state index contributed by atoms with van der Waals surface area (Å²) in [5.74, 6) is -3.14. The van der Waals surface area contributed by atoms with Crippen molar-refractivity contribution in [2.24, 2.45) is 0 Å². The van der Waals surface area contributed by atoms with Crippen molar-refractivity contribution in [3.8, 4) is 0 Å². The first-order chi connectivity index (χ1) is 8.29. The van der Waals surface area contributed by atoms with Gasteiger partial charge >= 0.3 is 5.97 Å². The second kappa shape index (κ2) is 5.62. The predicted octanol–water partition coefficient (Wildman–Crippen LogP) is 2.64. The number of hydrogen-bond acceptors (Lipinski definition) is 3. The van der Waals surface area contributed by atoms with Crippen LogP contribution < -0.4 is 0 Å². The maximum Gasteiger partial charge on any atom is 0.338 e. The summed E-state index contributed by atoms with van der Waals surface area (Å²) in [5.41, 5.74) is -0.677. The number of allylic oxidation sites excluding steroid dienone is 1. The molecule has 0 fully saturated rings. The first kappa shape index (κ1) is 14.8. The van der Waals surface area contributed by atoms with Gasteiger partial charge in [-0.3, -0.25) is 0 Å². The van der Waals surface area contributed by atoms with E-state index in [0.717, 1.165) is 12.1 Å². The van der Waals surface area contributed by atoms with Crippen molar-refractivity contribution in [2.45, 2.75) is 11.8 Å². The molecule has 1 N–H and O–H groups in total. The van der Waals surface area contributed by atoms with Crippen molar-refractivity contribution in [3.05, 3.63) is 40.1 Å². The average Bonchev–Trinajstić information content (AvgIpc) is 2.28. The van der Waals surface area contributed by atoms with Gasteiger partial charge in [0, 0.05) is 4.47 Å². The summed E-state index contributed by atoms with van der Waals surface area (Å²) in [5, 5.41) is 8.79. The molecule has 0 radical (unpaired) electrons. The number of carboxylic acids is 1. The molecule has 0 aromatic heterocycles. The van der Waals surface area contributed by atoms with Gasteiger partial charge in [0.2, 0.25) is 0 Å². The Balaban J connectivity index is 3.46. The molecule has 1 aromatic carbocycles. The van der Waals surface area contributed by atoms with Crippen molar-refractivity contribution in [1.82, 2.24) is 0 Å². The lowest BCUT2D eigenvalue weighted by Crippen LogP contribution is -2.11. The smallest absolute Gasteiger partial charge is 0.338 e. The Kier molecular flexibility index (Phi) is 4.64. The van der Waals surface area contributed by atoms with Crippen LogP contribution in [0.4, 0.5) is 4.39 Å². The van der Waals surface area contributed by atoms with Crippen molar-refractivity contribution in [2.75, 3.05) is 5.75 Å². The highest BCUT2D eigenvalue weighted by atomic mass is 79.9. The van der Waals surface area contributed by atoms with Gasteiger partial charge in [0.25, 0.3) is 0 Å². The molecule has 0 unspecified atom stereocenters. The Morgan fingerprint density at radius 2 is 2.11 bits per heavy atom. The lowest BCUT2D eigenvalue weighted by Gasteiger charge is -2.07. The zero-order valence-electron chi connectivity index (χ0n) is 9.35. The number of benzene rings is 1. The number of carbonyl (C=O) groups is 1. The second-order valence-electron chi connectivity index (χ2n) is 3.42. The van der Waals surface area contributed by atoms with Gasteiger partial charge in [-0.25, -0.2) is 17.6 Å². The fourth-order valence-corrected chi connectivity index (χ4v) is 3.18. The number of halogens is 2. The van der Waals surface area contributed by atoms with Crippen LogP contribution in [-0.2, 0) is 9.84 Å². The molecule has 0 aliphatic rings. The van der Waals surface area contributed by atoms with Crippen LogP contribution in [0.5, 0.6) is 0 Å². The standard InChI is InChI=1S/C11H10BrFO4S/c1-2-3-4-18(16,17)9-6-7(12)5-8(10(9)13)11(14)15/h2-3,5-6H,4H2,1H3,(H,14,15)/b3-2+. The van der Waals surface area contributed by atoms with Gasteiger partial charge in [-0.05, 0) is 19.1 Å². The molecular formula is C11H10BrFO4S. The third-order valence-electron chi connectivity index (χ3n) is 2.12. The highest BCUT2D eigenvalue weighted by Gasteiger charge is 2.24. The van der Waals surface area contributed by atoms with Gasteiger partial charge in [-0.2, -0.15) is 0 Å². The van der Waals surface area contributed by atoms with E-state index in [0.29, 0.717) is 0 Å². The fraction of sp³-hybridized carbons (Fsp3) is 0.182. The largest absolute Gasteiger partial charge is 0.478 e. The van der Waals surface area contributed by atoms with E-state index in [1.54, 1.807) is 6.92 Å². The third-order valence-corrected chi connectivity index (χ3v) is 4.18. The van der Waals surface area contributed by atoms with Crippen LogP contribution >= 0.6 is 15.9 Å². The predicted molar refractivity (Wildman–Crippen MR) is 67.9 cm³/mol. The van der Waals surface area contributed by atoms with E-state index >= 15 is 0 Å². The molecule has 0 saturated carbocycles. The molecule has 0 spiro atoms. The number of sulfone groups is 1. The Hall–Kier alpha value is -1.21. The van der Waals surface area contributed by atoms with Crippen LogP contribution in [0.1, 0.15) is 17.3 Å². The summed E-state index contributed by atoms with van der Waals surface area (Å²) in [4.78, 5) is 10.2. The van der Waals surface area contributed by atoms with Gasteiger partial charge in [0.05, 0.1) is 11.3 Å². The van der Waals surface area contributed by atoms with E-state index in [1.807, 2.05) is 0 Å². The molecule has 1 aromatic rings. The summed E-state index contributed by atoms with van der Waals surface area (Å²) in [6.07, 6.45) is 2.88. The Morgan fingerprint density at radius 3 is 2.61 bits per heavy atom. The van der Waals surface area contributed by atoms with Crippen LogP contribution in [0.15, 0.2) is 33.7 Å². The first-order valence-corrected chi connectivity index (χ1v) is 7.30. The van der Waals surface area contributed by atoms with Gasteiger partial charge in [-0.1, -0.05) is 28.1 Å². The summed E-state index contributed by atoms with van der Waals surface area (Å²) >= 11 is 2.96. The molecule has 0 bridgehead atoms. The number of aromatic carboxylic acids is 1. The van der Waals surface area contributed by atoms with Gasteiger partial charge in [0.1, 0.15) is 4.90 Å². The molecule has 0 aliphatic heterocycles. The highest BCUT2D eigenvalue weighted by Crippen LogP contribution is 2.25. The van der Waals surface area contributed by atoms with Crippen LogP contribution in [0, 0.1) is 5.82 Å². The Morgan fingerprint density at radius 1 is 1.50 bits per heavy atom. The van der Waals surface area contributed by atoms with Crippen molar-refractivity contribution in [3.63, 3.8) is 0 Å². The molecule has 0 atom stereocenters. The summed E-state index contributed by atoms with van der Waals surface area (Å²) in [7, 11) is -3.89. The summed E-state index contributed by atoms with van der Waals surface area (Å²) < 4.78 is 37.7. The molecule has 0 amide bonds. The van der Waals surface area contributed by atoms with E-state index in [9.17, 15) is 17.6 Å². The molecular weight excluding hydrogens is 327 g/mol. The lowest BCUT2D eigenvalue weighted by molar-refractivity contribution is 0.0691. The number of carboxylic acid groups (broad SMARTS) is 1. The molecule has 0 saturated heterocycles. The van der Waals surface area contributed by atoms with Crippen molar-refractivity contribution >= 4 is 31.7 Å². The quantitative estimate of drug-likeness (QED) is 0.858. The molecule has 18 heavy (non-hydrogen) atoms. The fourth-order valence-electron chi connectivity index (χ4n) is 1.26. The molecule has 98 valence electrons. The van der Waals surface area contributed by atoms with Crippen molar-refractivity contribution < 1.29 is 22.7 Å². The van der Waals surface area contributed by atoms with Crippen LogP contribution in [-0.4, -0.2) is 25.2 Å². The number of rotatable bonds is 4. The van der Waals surface area contributed by atoms with Crippen LogP contribution in [0.25, 0.3) is 0 Å². The maximum atomic E-state index is 13.8. The Bertz CT molecular complexity index is 608. The summed E-state index contributed by atoms with van der Waals surface area (Å²) in [6, 6.07) is 2.08. The lowest BCUT2D eigenvalue weighted by atomic mass is 10.2. The van der Waals surface area contributed by atoms with E-state index in [2.05, 4.69) is 15.9 Å². The normalized spacial score (nSPS) is 11.9. The van der Waals surface area contributed by atoms with Crippen LogP contribution in [0.2, 0.25) is 0 Å². The van der Waals surface area contributed by atoms with E-state index in [-0.39, 0.29) is 10.2 Å². The summed E-state index contributed by atoms with van der Waals surface area (Å²) in [6.45, 7) is 1.63. The van der Waals surface area contributed by atoms with Crippen LogP contribution in [0.3, 0.4) is 0 Å².